The number of hydrogen-bond acceptors (Lipinski definition) is 6. The largest absolute Gasteiger partial charge is 0.502 e. The number of nitro groups is 1. The molecule has 0 aliphatic rings. The molecule has 0 aliphatic heterocycles. The minimum atomic E-state index is -4.01. The van der Waals surface area contributed by atoms with Crippen LogP contribution in [-0.2, 0) is 10.0 Å². The molecule has 0 saturated carbocycles. The fourth-order valence-electron chi connectivity index (χ4n) is 1.61. The molecule has 0 spiro atoms. The van der Waals surface area contributed by atoms with E-state index in [1.165, 1.54) is 12.3 Å². The van der Waals surface area contributed by atoms with Crippen molar-refractivity contribution in [1.82, 2.24) is 4.98 Å². The first kappa shape index (κ1) is 14.7. The first-order valence-corrected chi connectivity index (χ1v) is 7.21. The molecule has 1 heterocycles. The van der Waals surface area contributed by atoms with Crippen LogP contribution in [0.5, 0.6) is 5.75 Å². The molecule has 0 radical (unpaired) electrons. The van der Waals surface area contributed by atoms with Gasteiger partial charge in [0, 0.05) is 12.3 Å². The van der Waals surface area contributed by atoms with Crippen molar-refractivity contribution in [3.05, 3.63) is 52.3 Å². The van der Waals surface area contributed by atoms with Crippen LogP contribution < -0.4 is 4.72 Å². The van der Waals surface area contributed by atoms with Crippen LogP contribution in [0.15, 0.2) is 41.4 Å². The van der Waals surface area contributed by atoms with E-state index in [1.807, 2.05) is 0 Å². The third kappa shape index (κ3) is 3.08. The molecule has 2 N–H and O–H groups in total. The highest BCUT2D eigenvalue weighted by molar-refractivity contribution is 7.92. The quantitative estimate of drug-likeness (QED) is 0.656. The second kappa shape index (κ2) is 5.37. The number of anilines is 1. The number of hydrogen-bond donors (Lipinski definition) is 2. The van der Waals surface area contributed by atoms with Gasteiger partial charge in [0.15, 0.2) is 5.75 Å². The number of nitrogens with one attached hydrogen (secondary N) is 1. The van der Waals surface area contributed by atoms with Crippen molar-refractivity contribution < 1.29 is 18.4 Å². The van der Waals surface area contributed by atoms with Gasteiger partial charge in [0.2, 0.25) is 0 Å². The molecule has 8 nitrogen and oxygen atoms in total. The first-order chi connectivity index (χ1) is 9.81. The zero-order valence-corrected chi connectivity index (χ0v) is 11.7. The number of nitro benzene ring substituents is 1. The second-order valence-electron chi connectivity index (χ2n) is 4.15. The normalized spacial score (nSPS) is 11.1. The minimum absolute atomic E-state index is 0.272. The van der Waals surface area contributed by atoms with Gasteiger partial charge in [-0.3, -0.25) is 19.8 Å². The molecule has 0 aliphatic carbocycles. The highest BCUT2D eigenvalue weighted by atomic mass is 32.2. The number of phenolic OH excluding ortho intramolecular Hbond substituents is 1. The number of rotatable bonds is 4. The Labute approximate surface area is 120 Å². The van der Waals surface area contributed by atoms with E-state index in [2.05, 4.69) is 9.71 Å². The van der Waals surface area contributed by atoms with Gasteiger partial charge in [-0.15, -0.1) is 0 Å². The lowest BCUT2D eigenvalue weighted by atomic mass is 10.3. The maximum Gasteiger partial charge on any atom is 0.312 e. The third-order valence-corrected chi connectivity index (χ3v) is 4.07. The molecule has 2 rings (SSSR count). The number of aromatic nitrogens is 1. The number of aryl methyl sites for hydroxylation is 1. The van der Waals surface area contributed by atoms with Gasteiger partial charge in [-0.05, 0) is 31.2 Å². The van der Waals surface area contributed by atoms with Gasteiger partial charge in [-0.25, -0.2) is 8.42 Å². The van der Waals surface area contributed by atoms with Crippen LogP contribution in [0.3, 0.4) is 0 Å². The Hall–Kier alpha value is -2.68. The highest BCUT2D eigenvalue weighted by Gasteiger charge is 2.21. The summed E-state index contributed by atoms with van der Waals surface area (Å²) in [5.74, 6) is -0.600. The van der Waals surface area contributed by atoms with Crippen LogP contribution in [0.1, 0.15) is 5.69 Å². The summed E-state index contributed by atoms with van der Waals surface area (Å²) in [6.07, 6.45) is 1.51. The number of pyridine rings is 1. The minimum Gasteiger partial charge on any atom is -0.502 e. The topological polar surface area (TPSA) is 122 Å². The maximum absolute atomic E-state index is 12.2. The molecule has 110 valence electrons. The predicted octanol–water partition coefficient (Wildman–Crippen LogP) is 1.80. The Morgan fingerprint density at radius 3 is 2.67 bits per heavy atom. The molecule has 1 aromatic heterocycles. The number of benzene rings is 1. The van der Waals surface area contributed by atoms with E-state index in [1.54, 1.807) is 13.0 Å². The van der Waals surface area contributed by atoms with Crippen LogP contribution in [0.4, 0.5) is 11.4 Å². The molecule has 0 bridgehead atoms. The Bertz CT molecular complexity index is 804. The van der Waals surface area contributed by atoms with E-state index in [-0.39, 0.29) is 10.6 Å². The van der Waals surface area contributed by atoms with Crippen molar-refractivity contribution in [3.63, 3.8) is 0 Å². The van der Waals surface area contributed by atoms with Crippen LogP contribution >= 0.6 is 0 Å². The van der Waals surface area contributed by atoms with Crippen molar-refractivity contribution in [2.24, 2.45) is 0 Å². The first-order valence-electron chi connectivity index (χ1n) is 5.73. The van der Waals surface area contributed by atoms with E-state index in [0.29, 0.717) is 5.69 Å². The Balaban J connectivity index is 2.43. The standard InChI is InChI=1S/C12H11N3O5S/c1-8-10(3-2-6-13-8)14-21(19,20)9-4-5-12(16)11(7-9)15(17)18/h2-7,14,16H,1H3. The van der Waals surface area contributed by atoms with Crippen LogP contribution in [0, 0.1) is 17.0 Å². The molecular formula is C12H11N3O5S. The van der Waals surface area contributed by atoms with E-state index in [0.717, 1.165) is 18.2 Å². The summed E-state index contributed by atoms with van der Waals surface area (Å²) in [6, 6.07) is 5.92. The molecule has 0 fully saturated rings. The van der Waals surface area contributed by atoms with E-state index in [9.17, 15) is 23.6 Å². The fourth-order valence-corrected chi connectivity index (χ4v) is 2.75. The number of phenols is 1. The van der Waals surface area contributed by atoms with E-state index in [4.69, 9.17) is 0 Å². The Kier molecular flexibility index (Phi) is 3.76. The third-order valence-electron chi connectivity index (χ3n) is 2.71. The van der Waals surface area contributed by atoms with Crippen LogP contribution in [0.25, 0.3) is 0 Å². The van der Waals surface area contributed by atoms with Crippen molar-refractivity contribution in [1.29, 1.82) is 0 Å². The highest BCUT2D eigenvalue weighted by Crippen LogP contribution is 2.29. The summed E-state index contributed by atoms with van der Waals surface area (Å²) in [6.45, 7) is 1.62. The summed E-state index contributed by atoms with van der Waals surface area (Å²) in [5.41, 5.74) is 0.0587. The van der Waals surface area contributed by atoms with Crippen LogP contribution in [0.2, 0.25) is 0 Å². The predicted molar refractivity (Wildman–Crippen MR) is 74.5 cm³/mol. The van der Waals surface area contributed by atoms with Gasteiger partial charge >= 0.3 is 5.69 Å². The monoisotopic (exact) mass is 309 g/mol. The van der Waals surface area contributed by atoms with Gasteiger partial charge in [0.05, 0.1) is 21.2 Å². The van der Waals surface area contributed by atoms with Gasteiger partial charge in [-0.2, -0.15) is 0 Å². The zero-order valence-electron chi connectivity index (χ0n) is 10.8. The smallest absolute Gasteiger partial charge is 0.312 e. The summed E-state index contributed by atoms with van der Waals surface area (Å²) >= 11 is 0. The number of nitrogens with zero attached hydrogens (tertiary/aromatic N) is 2. The van der Waals surface area contributed by atoms with Crippen molar-refractivity contribution >= 4 is 21.4 Å². The summed E-state index contributed by atoms with van der Waals surface area (Å²) in [4.78, 5) is 13.5. The van der Waals surface area contributed by atoms with Crippen LogP contribution in [-0.4, -0.2) is 23.4 Å². The molecule has 1 aromatic carbocycles. The van der Waals surface area contributed by atoms with Gasteiger partial charge < -0.3 is 5.11 Å². The number of sulfonamides is 1. The van der Waals surface area contributed by atoms with Gasteiger partial charge in [0.1, 0.15) is 0 Å². The van der Waals surface area contributed by atoms with Crippen molar-refractivity contribution in [3.8, 4) is 5.75 Å². The maximum atomic E-state index is 12.2. The summed E-state index contributed by atoms with van der Waals surface area (Å²) in [7, 11) is -4.01. The van der Waals surface area contributed by atoms with Crippen molar-refractivity contribution in [2.75, 3.05) is 4.72 Å². The number of aromatic hydroxyl groups is 1. The molecular weight excluding hydrogens is 298 g/mol. The average molecular weight is 309 g/mol. The van der Waals surface area contributed by atoms with E-state index >= 15 is 0 Å². The lowest BCUT2D eigenvalue weighted by Crippen LogP contribution is -2.14. The summed E-state index contributed by atoms with van der Waals surface area (Å²) < 4.78 is 26.7. The molecule has 0 unspecified atom stereocenters. The molecule has 2 aromatic rings. The van der Waals surface area contributed by atoms with E-state index < -0.39 is 26.4 Å². The molecule has 0 amide bonds. The average Bonchev–Trinajstić information content (AvgIpc) is 2.41. The lowest BCUT2D eigenvalue weighted by molar-refractivity contribution is -0.386. The second-order valence-corrected chi connectivity index (χ2v) is 5.83. The molecule has 9 heteroatoms. The SMILES string of the molecule is Cc1ncccc1NS(=O)(=O)c1ccc(O)c([N+](=O)[O-])c1. The lowest BCUT2D eigenvalue weighted by Gasteiger charge is -2.09. The zero-order chi connectivity index (χ0) is 15.6. The van der Waals surface area contributed by atoms with Crippen molar-refractivity contribution in [2.45, 2.75) is 11.8 Å². The molecule has 21 heavy (non-hydrogen) atoms. The Morgan fingerprint density at radius 1 is 1.33 bits per heavy atom. The Morgan fingerprint density at radius 2 is 2.05 bits per heavy atom. The van der Waals surface area contributed by atoms with Gasteiger partial charge in [-0.1, -0.05) is 0 Å². The van der Waals surface area contributed by atoms with Gasteiger partial charge in [0.25, 0.3) is 10.0 Å². The molecule has 0 saturated heterocycles. The fraction of sp³-hybridized carbons (Fsp3) is 0.0833. The molecule has 0 atom stereocenters. The summed E-state index contributed by atoms with van der Waals surface area (Å²) in [5, 5.41) is 20.1.